The lowest BCUT2D eigenvalue weighted by Gasteiger charge is -2.14. The molecule has 0 radical (unpaired) electrons. The first-order chi connectivity index (χ1) is 10.3. The summed E-state index contributed by atoms with van der Waals surface area (Å²) in [6, 6.07) is 9.76. The number of hydrogen-bond donors (Lipinski definition) is 0. The van der Waals surface area contributed by atoms with E-state index >= 15 is 0 Å². The minimum absolute atomic E-state index is 0.203. The Labute approximate surface area is 123 Å². The highest BCUT2D eigenvalue weighted by atomic mass is 16.5. The Morgan fingerprint density at radius 1 is 1.19 bits per heavy atom. The zero-order valence-corrected chi connectivity index (χ0v) is 11.7. The molecule has 108 valence electrons. The molecule has 1 aliphatic heterocycles. The van der Waals surface area contributed by atoms with Crippen molar-refractivity contribution in [3.63, 3.8) is 0 Å². The van der Waals surface area contributed by atoms with Crippen molar-refractivity contribution < 1.29 is 9.32 Å². The molecule has 1 aromatic heterocycles. The molecule has 1 unspecified atom stereocenters. The highest BCUT2D eigenvalue weighted by Gasteiger charge is 2.38. The first-order valence-electron chi connectivity index (χ1n) is 7.49. The van der Waals surface area contributed by atoms with Crippen molar-refractivity contribution in [1.82, 2.24) is 15.0 Å². The number of nitrogens with zero attached hydrogens (tertiary/aromatic N) is 3. The molecule has 1 aliphatic carbocycles. The van der Waals surface area contributed by atoms with Gasteiger partial charge in [0, 0.05) is 30.5 Å². The van der Waals surface area contributed by atoms with E-state index in [1.54, 1.807) is 0 Å². The van der Waals surface area contributed by atoms with Gasteiger partial charge in [0.2, 0.25) is 5.91 Å². The third-order valence-electron chi connectivity index (χ3n) is 4.25. The normalized spacial score (nSPS) is 21.7. The van der Waals surface area contributed by atoms with Gasteiger partial charge in [-0.2, -0.15) is 4.98 Å². The fraction of sp³-hybridized carbons (Fsp3) is 0.438. The molecule has 5 heteroatoms. The van der Waals surface area contributed by atoms with E-state index in [1.807, 2.05) is 35.2 Å². The summed E-state index contributed by atoms with van der Waals surface area (Å²) in [6.45, 7) is 1.54. The van der Waals surface area contributed by atoms with Crippen molar-refractivity contribution in [3.05, 3.63) is 36.2 Å². The van der Waals surface area contributed by atoms with Crippen LogP contribution in [0.15, 0.2) is 34.9 Å². The largest absolute Gasteiger partial charge is 0.342 e. The molecule has 2 heterocycles. The van der Waals surface area contributed by atoms with Crippen LogP contribution >= 0.6 is 0 Å². The molecule has 1 amide bonds. The van der Waals surface area contributed by atoms with E-state index in [4.69, 9.17) is 4.52 Å². The Kier molecular flexibility index (Phi) is 2.98. The molecule has 0 spiro atoms. The van der Waals surface area contributed by atoms with Crippen LogP contribution in [0.5, 0.6) is 0 Å². The second kappa shape index (κ2) is 4.98. The molecular weight excluding hydrogens is 266 g/mol. The lowest BCUT2D eigenvalue weighted by atomic mass is 10.1. The summed E-state index contributed by atoms with van der Waals surface area (Å²) in [5.74, 6) is 2.07. The average Bonchev–Trinajstić information content (AvgIpc) is 3.06. The van der Waals surface area contributed by atoms with Crippen LogP contribution in [-0.2, 0) is 4.79 Å². The van der Waals surface area contributed by atoms with Crippen LogP contribution in [0.4, 0.5) is 0 Å². The minimum Gasteiger partial charge on any atom is -0.342 e. The maximum absolute atomic E-state index is 12.1. The van der Waals surface area contributed by atoms with Crippen LogP contribution in [-0.4, -0.2) is 34.0 Å². The van der Waals surface area contributed by atoms with Crippen molar-refractivity contribution >= 4 is 5.91 Å². The van der Waals surface area contributed by atoms with Crippen LogP contribution in [0.25, 0.3) is 11.5 Å². The number of aromatic nitrogens is 2. The van der Waals surface area contributed by atoms with Gasteiger partial charge in [0.25, 0.3) is 5.89 Å². The van der Waals surface area contributed by atoms with Crippen molar-refractivity contribution in [2.45, 2.75) is 25.2 Å². The molecule has 5 nitrogen and oxygen atoms in total. The summed E-state index contributed by atoms with van der Waals surface area (Å²) in [7, 11) is 0. The molecule has 1 aromatic carbocycles. The van der Waals surface area contributed by atoms with Crippen LogP contribution < -0.4 is 0 Å². The van der Waals surface area contributed by atoms with E-state index in [1.165, 1.54) is 0 Å². The zero-order valence-electron chi connectivity index (χ0n) is 11.7. The van der Waals surface area contributed by atoms with Gasteiger partial charge in [-0.15, -0.1) is 0 Å². The molecule has 21 heavy (non-hydrogen) atoms. The van der Waals surface area contributed by atoms with Crippen LogP contribution in [0, 0.1) is 5.92 Å². The molecular formula is C16H17N3O2. The Morgan fingerprint density at radius 3 is 2.76 bits per heavy atom. The number of hydrogen-bond acceptors (Lipinski definition) is 4. The fourth-order valence-corrected chi connectivity index (χ4v) is 2.86. The number of likely N-dealkylation sites (tertiary alicyclic amines) is 1. The average molecular weight is 283 g/mol. The first-order valence-corrected chi connectivity index (χ1v) is 7.49. The predicted molar refractivity (Wildman–Crippen MR) is 76.4 cm³/mol. The number of benzene rings is 1. The van der Waals surface area contributed by atoms with Gasteiger partial charge in [0.1, 0.15) is 0 Å². The van der Waals surface area contributed by atoms with E-state index in [0.29, 0.717) is 11.8 Å². The number of amides is 1. The van der Waals surface area contributed by atoms with Gasteiger partial charge in [-0.25, -0.2) is 0 Å². The van der Waals surface area contributed by atoms with E-state index in [2.05, 4.69) is 10.1 Å². The van der Waals surface area contributed by atoms with E-state index in [-0.39, 0.29) is 11.8 Å². The third-order valence-corrected chi connectivity index (χ3v) is 4.25. The lowest BCUT2D eigenvalue weighted by Crippen LogP contribution is -2.29. The van der Waals surface area contributed by atoms with E-state index < -0.39 is 0 Å². The summed E-state index contributed by atoms with van der Waals surface area (Å²) in [4.78, 5) is 18.5. The Morgan fingerprint density at radius 2 is 2.00 bits per heavy atom. The first kappa shape index (κ1) is 12.6. The van der Waals surface area contributed by atoms with Crippen LogP contribution in [0.2, 0.25) is 0 Å². The van der Waals surface area contributed by atoms with Crippen LogP contribution in [0.1, 0.15) is 31.0 Å². The number of carbonyl (C=O) groups excluding carboxylic acids is 1. The number of rotatable bonds is 3. The highest BCUT2D eigenvalue weighted by Crippen LogP contribution is 2.34. The summed E-state index contributed by atoms with van der Waals surface area (Å²) in [5.41, 5.74) is 0.931. The van der Waals surface area contributed by atoms with Crippen molar-refractivity contribution in [3.8, 4) is 11.5 Å². The molecule has 4 rings (SSSR count). The third kappa shape index (κ3) is 2.44. The fourth-order valence-electron chi connectivity index (χ4n) is 2.86. The molecule has 1 saturated carbocycles. The highest BCUT2D eigenvalue weighted by molar-refractivity contribution is 5.81. The monoisotopic (exact) mass is 283 g/mol. The standard InChI is InChI=1S/C16H17N3O2/c20-16(12-6-7-12)19-9-8-13(10-19)14-17-15(21-18-14)11-4-2-1-3-5-11/h1-5,12-13H,6-10H2. The predicted octanol–water partition coefficient (Wildman–Crippen LogP) is 2.46. The number of carbonyl (C=O) groups is 1. The molecule has 2 fully saturated rings. The Bertz CT molecular complexity index is 649. The molecule has 1 atom stereocenters. The molecule has 1 saturated heterocycles. The lowest BCUT2D eigenvalue weighted by molar-refractivity contribution is -0.131. The Balaban J connectivity index is 1.48. The van der Waals surface area contributed by atoms with Crippen molar-refractivity contribution in [2.24, 2.45) is 5.92 Å². The zero-order chi connectivity index (χ0) is 14.2. The van der Waals surface area contributed by atoms with Gasteiger partial charge in [0.15, 0.2) is 5.82 Å². The quantitative estimate of drug-likeness (QED) is 0.868. The van der Waals surface area contributed by atoms with E-state index in [0.717, 1.165) is 43.7 Å². The summed E-state index contributed by atoms with van der Waals surface area (Å²) in [6.07, 6.45) is 3.03. The van der Waals surface area contributed by atoms with Gasteiger partial charge in [-0.3, -0.25) is 4.79 Å². The second-order valence-corrected chi connectivity index (χ2v) is 5.87. The maximum Gasteiger partial charge on any atom is 0.257 e. The van der Waals surface area contributed by atoms with Crippen molar-refractivity contribution in [1.29, 1.82) is 0 Å². The summed E-state index contributed by atoms with van der Waals surface area (Å²) in [5, 5.41) is 4.10. The maximum atomic E-state index is 12.1. The van der Waals surface area contributed by atoms with Gasteiger partial charge >= 0.3 is 0 Å². The van der Waals surface area contributed by atoms with Crippen molar-refractivity contribution in [2.75, 3.05) is 13.1 Å². The molecule has 0 N–H and O–H groups in total. The van der Waals surface area contributed by atoms with Gasteiger partial charge < -0.3 is 9.42 Å². The molecule has 0 bridgehead atoms. The van der Waals surface area contributed by atoms with Gasteiger partial charge in [0.05, 0.1) is 0 Å². The smallest absolute Gasteiger partial charge is 0.257 e. The van der Waals surface area contributed by atoms with Crippen LogP contribution in [0.3, 0.4) is 0 Å². The SMILES string of the molecule is O=C(C1CC1)N1CCC(c2noc(-c3ccccc3)n2)C1. The van der Waals surface area contributed by atoms with Gasteiger partial charge in [-0.05, 0) is 31.4 Å². The Hall–Kier alpha value is -2.17. The second-order valence-electron chi connectivity index (χ2n) is 5.87. The summed E-state index contributed by atoms with van der Waals surface area (Å²) >= 11 is 0. The summed E-state index contributed by atoms with van der Waals surface area (Å²) < 4.78 is 5.35. The van der Waals surface area contributed by atoms with Gasteiger partial charge in [-0.1, -0.05) is 23.4 Å². The minimum atomic E-state index is 0.203. The molecule has 2 aliphatic rings. The van der Waals surface area contributed by atoms with E-state index in [9.17, 15) is 4.79 Å². The topological polar surface area (TPSA) is 59.2 Å². The molecule has 2 aromatic rings.